The number of anilines is 1. The smallest absolute Gasteiger partial charge is 0.187 e. The molecule has 0 spiro atoms. The van der Waals surface area contributed by atoms with Crippen LogP contribution in [0.1, 0.15) is 0 Å². The van der Waals surface area contributed by atoms with E-state index < -0.39 is 0 Å². The zero-order valence-corrected chi connectivity index (χ0v) is 16.6. The third kappa shape index (κ3) is 4.40. The van der Waals surface area contributed by atoms with E-state index in [1.165, 1.54) is 11.8 Å². The van der Waals surface area contributed by atoms with Gasteiger partial charge < -0.3 is 19.5 Å². The Labute approximate surface area is 162 Å². The van der Waals surface area contributed by atoms with Gasteiger partial charge in [-0.3, -0.25) is 0 Å². The Morgan fingerprint density at radius 3 is 2.37 bits per heavy atom. The van der Waals surface area contributed by atoms with Crippen molar-refractivity contribution in [3.8, 4) is 22.8 Å². The van der Waals surface area contributed by atoms with E-state index in [1.807, 2.05) is 36.7 Å². The molecule has 0 atom stereocenters. The number of hydrogen-bond acceptors (Lipinski definition) is 8. The van der Waals surface area contributed by atoms with Crippen LogP contribution in [0.4, 0.5) is 5.82 Å². The predicted octanol–water partition coefficient (Wildman–Crippen LogP) is 3.49. The Kier molecular flexibility index (Phi) is 6.31. The summed E-state index contributed by atoms with van der Waals surface area (Å²) >= 11 is 1.50. The molecule has 0 unspecified atom stereocenters. The lowest BCUT2D eigenvalue weighted by Gasteiger charge is -2.13. The average molecular weight is 386 g/mol. The quantitative estimate of drug-likeness (QED) is 0.358. The molecule has 1 N–H and O–H groups in total. The molecule has 2 heterocycles. The van der Waals surface area contributed by atoms with Crippen LogP contribution in [0.3, 0.4) is 0 Å². The lowest BCUT2D eigenvalue weighted by atomic mass is 10.1. The number of benzene rings is 1. The normalized spacial score (nSPS) is 10.8. The molecule has 1 aromatic carbocycles. The van der Waals surface area contributed by atoms with Gasteiger partial charge in [0, 0.05) is 36.9 Å². The van der Waals surface area contributed by atoms with Gasteiger partial charge in [0.2, 0.25) is 0 Å². The minimum Gasteiger partial charge on any atom is -0.497 e. The number of aromatic nitrogens is 3. The number of hydrogen-bond donors (Lipinski definition) is 1. The summed E-state index contributed by atoms with van der Waals surface area (Å²) in [5.74, 6) is 2.10. The van der Waals surface area contributed by atoms with Gasteiger partial charge in [0.15, 0.2) is 11.0 Å². The Balaban J connectivity index is 2.13. The van der Waals surface area contributed by atoms with Crippen LogP contribution in [0, 0.1) is 0 Å². The molecular weight excluding hydrogens is 364 g/mol. The van der Waals surface area contributed by atoms with Crippen molar-refractivity contribution in [3.63, 3.8) is 0 Å². The van der Waals surface area contributed by atoms with Crippen molar-refractivity contribution in [2.24, 2.45) is 0 Å². The Morgan fingerprint density at radius 1 is 1.00 bits per heavy atom. The predicted molar refractivity (Wildman–Crippen MR) is 108 cm³/mol. The van der Waals surface area contributed by atoms with Crippen molar-refractivity contribution in [1.82, 2.24) is 15.0 Å². The van der Waals surface area contributed by atoms with Gasteiger partial charge in [-0.1, -0.05) is 11.8 Å². The van der Waals surface area contributed by atoms with E-state index in [0.717, 1.165) is 22.2 Å². The standard InChI is InChI=1S/C19H22N4O3S/c1-24-6-5-20-18-17-13(11-21-19(23-17)27-4)9-16(22-18)12-7-14(25-2)10-15(8-12)26-3/h7-11H,5-6H2,1-4H3,(H,20,22). The number of pyridine rings is 1. The number of fused-ring (bicyclic) bond motifs is 1. The highest BCUT2D eigenvalue weighted by Crippen LogP contribution is 2.32. The molecule has 27 heavy (non-hydrogen) atoms. The van der Waals surface area contributed by atoms with Crippen LogP contribution in [0.25, 0.3) is 22.2 Å². The molecule has 142 valence electrons. The fraction of sp³-hybridized carbons (Fsp3) is 0.316. The molecule has 8 heteroatoms. The fourth-order valence-corrected chi connectivity index (χ4v) is 2.96. The highest BCUT2D eigenvalue weighted by Gasteiger charge is 2.12. The van der Waals surface area contributed by atoms with Gasteiger partial charge >= 0.3 is 0 Å². The number of thioether (sulfide) groups is 1. The first kappa shape index (κ1) is 19.2. The third-order valence-electron chi connectivity index (χ3n) is 3.97. The largest absolute Gasteiger partial charge is 0.497 e. The van der Waals surface area contributed by atoms with Gasteiger partial charge in [-0.2, -0.15) is 0 Å². The molecule has 0 amide bonds. The molecule has 2 aromatic heterocycles. The van der Waals surface area contributed by atoms with Crippen LogP contribution < -0.4 is 14.8 Å². The Hall–Kier alpha value is -2.58. The number of nitrogens with zero attached hydrogens (tertiary/aromatic N) is 3. The second kappa shape index (κ2) is 8.88. The van der Waals surface area contributed by atoms with E-state index in [-0.39, 0.29) is 0 Å². The number of rotatable bonds is 8. The van der Waals surface area contributed by atoms with Crippen molar-refractivity contribution in [2.45, 2.75) is 5.16 Å². The lowest BCUT2D eigenvalue weighted by Crippen LogP contribution is -2.10. The van der Waals surface area contributed by atoms with E-state index in [2.05, 4.69) is 15.3 Å². The van der Waals surface area contributed by atoms with Crippen molar-refractivity contribution >= 4 is 28.5 Å². The molecule has 7 nitrogen and oxygen atoms in total. The van der Waals surface area contributed by atoms with Gasteiger partial charge in [0.1, 0.15) is 17.0 Å². The van der Waals surface area contributed by atoms with Gasteiger partial charge in [0.05, 0.1) is 26.5 Å². The summed E-state index contributed by atoms with van der Waals surface area (Å²) in [5.41, 5.74) is 2.45. The van der Waals surface area contributed by atoms with Gasteiger partial charge in [-0.05, 0) is 24.5 Å². The minimum absolute atomic E-state index is 0.570. The van der Waals surface area contributed by atoms with Crippen molar-refractivity contribution in [1.29, 1.82) is 0 Å². The number of ether oxygens (including phenoxy) is 3. The average Bonchev–Trinajstić information content (AvgIpc) is 2.72. The summed E-state index contributed by atoms with van der Waals surface area (Å²) in [6, 6.07) is 7.64. The summed E-state index contributed by atoms with van der Waals surface area (Å²) in [7, 11) is 4.92. The Bertz CT molecular complexity index is 914. The SMILES string of the molecule is COCCNc1nc(-c2cc(OC)cc(OC)c2)cc2cnc(SC)nc12. The molecule has 3 aromatic rings. The van der Waals surface area contributed by atoms with E-state index in [0.29, 0.717) is 35.6 Å². The molecular formula is C19H22N4O3S. The summed E-state index contributed by atoms with van der Waals surface area (Å²) in [6.07, 6.45) is 3.77. The van der Waals surface area contributed by atoms with Crippen molar-refractivity contribution < 1.29 is 14.2 Å². The molecule has 0 radical (unpaired) electrons. The third-order valence-corrected chi connectivity index (χ3v) is 4.53. The van der Waals surface area contributed by atoms with Gasteiger partial charge in [-0.25, -0.2) is 15.0 Å². The minimum atomic E-state index is 0.570. The molecule has 3 rings (SSSR count). The molecule has 0 aliphatic carbocycles. The van der Waals surface area contributed by atoms with Gasteiger partial charge in [-0.15, -0.1) is 0 Å². The van der Waals surface area contributed by atoms with Crippen LogP contribution in [0.15, 0.2) is 35.6 Å². The lowest BCUT2D eigenvalue weighted by molar-refractivity contribution is 0.210. The highest BCUT2D eigenvalue weighted by atomic mass is 32.2. The van der Waals surface area contributed by atoms with Gasteiger partial charge in [0.25, 0.3) is 0 Å². The molecule has 0 saturated heterocycles. The second-order valence-electron chi connectivity index (χ2n) is 5.67. The monoisotopic (exact) mass is 386 g/mol. The molecule has 0 aliphatic rings. The first-order chi connectivity index (χ1) is 13.2. The van der Waals surface area contributed by atoms with E-state index in [9.17, 15) is 0 Å². The van der Waals surface area contributed by atoms with Crippen LogP contribution in [-0.2, 0) is 4.74 Å². The fourth-order valence-electron chi connectivity index (χ4n) is 2.62. The summed E-state index contributed by atoms with van der Waals surface area (Å²) in [4.78, 5) is 13.8. The summed E-state index contributed by atoms with van der Waals surface area (Å²) < 4.78 is 15.9. The zero-order chi connectivity index (χ0) is 19.2. The Morgan fingerprint density at radius 2 is 1.74 bits per heavy atom. The first-order valence-electron chi connectivity index (χ1n) is 8.36. The van der Waals surface area contributed by atoms with E-state index >= 15 is 0 Å². The maximum atomic E-state index is 5.38. The molecule has 0 saturated carbocycles. The zero-order valence-electron chi connectivity index (χ0n) is 15.8. The van der Waals surface area contributed by atoms with E-state index in [4.69, 9.17) is 19.2 Å². The van der Waals surface area contributed by atoms with E-state index in [1.54, 1.807) is 21.3 Å². The molecule has 0 bridgehead atoms. The highest BCUT2D eigenvalue weighted by molar-refractivity contribution is 7.98. The molecule has 0 aliphatic heterocycles. The maximum absolute atomic E-state index is 5.38. The number of methoxy groups -OCH3 is 3. The van der Waals surface area contributed by atoms with Crippen LogP contribution in [0.2, 0.25) is 0 Å². The van der Waals surface area contributed by atoms with Crippen molar-refractivity contribution in [3.05, 3.63) is 30.5 Å². The maximum Gasteiger partial charge on any atom is 0.187 e. The van der Waals surface area contributed by atoms with Crippen molar-refractivity contribution in [2.75, 3.05) is 46.1 Å². The summed E-state index contributed by atoms with van der Waals surface area (Å²) in [5, 5.41) is 4.92. The second-order valence-corrected chi connectivity index (χ2v) is 6.44. The molecule has 0 fully saturated rings. The topological polar surface area (TPSA) is 78.4 Å². The summed E-state index contributed by atoms with van der Waals surface area (Å²) in [6.45, 7) is 1.20. The number of nitrogens with one attached hydrogen (secondary N) is 1. The van der Waals surface area contributed by atoms with Crippen LogP contribution in [0.5, 0.6) is 11.5 Å². The van der Waals surface area contributed by atoms with Crippen LogP contribution >= 0.6 is 11.8 Å². The first-order valence-corrected chi connectivity index (χ1v) is 9.59. The van der Waals surface area contributed by atoms with Crippen LogP contribution in [-0.4, -0.2) is 55.7 Å².